The summed E-state index contributed by atoms with van der Waals surface area (Å²) in [5.74, 6) is -0.512. The maximum absolute atomic E-state index is 11.8. The molecule has 0 fully saturated rings. The predicted molar refractivity (Wildman–Crippen MR) is 67.9 cm³/mol. The van der Waals surface area contributed by atoms with Crippen molar-refractivity contribution < 1.29 is 9.59 Å². The van der Waals surface area contributed by atoms with Crippen molar-refractivity contribution in [2.24, 2.45) is 7.05 Å². The zero-order chi connectivity index (χ0) is 13.7. The molecule has 0 bridgehead atoms. The molecule has 7 nitrogen and oxygen atoms in total. The van der Waals surface area contributed by atoms with E-state index in [0.29, 0.717) is 18.8 Å². The standard InChI is InChI=1S/C11H19N5O2/c1-4-16(5-2)9(17)7-13-11(18)10-8(12)6-14-15(10)3/h6H,4-5,7,12H2,1-3H3,(H,13,18). The van der Waals surface area contributed by atoms with E-state index in [0.717, 1.165) is 0 Å². The van der Waals surface area contributed by atoms with Crippen molar-refractivity contribution in [1.82, 2.24) is 20.0 Å². The van der Waals surface area contributed by atoms with E-state index in [2.05, 4.69) is 10.4 Å². The summed E-state index contributed by atoms with van der Waals surface area (Å²) >= 11 is 0. The number of hydrogen-bond donors (Lipinski definition) is 2. The van der Waals surface area contributed by atoms with Gasteiger partial charge in [-0.15, -0.1) is 0 Å². The van der Waals surface area contributed by atoms with Crippen LogP contribution in [-0.4, -0.2) is 46.1 Å². The number of aromatic nitrogens is 2. The van der Waals surface area contributed by atoms with Gasteiger partial charge in [0.2, 0.25) is 5.91 Å². The number of nitrogens with zero attached hydrogens (tertiary/aromatic N) is 3. The number of carbonyl (C=O) groups excluding carboxylic acids is 2. The lowest BCUT2D eigenvalue weighted by Crippen LogP contribution is -2.40. The summed E-state index contributed by atoms with van der Waals surface area (Å²) in [6.07, 6.45) is 1.40. The van der Waals surface area contributed by atoms with Crippen LogP contribution in [-0.2, 0) is 11.8 Å². The number of carbonyl (C=O) groups is 2. The number of nitrogen functional groups attached to an aromatic ring is 1. The third-order valence-electron chi connectivity index (χ3n) is 2.70. The maximum Gasteiger partial charge on any atom is 0.272 e. The monoisotopic (exact) mass is 253 g/mol. The second-order valence-electron chi connectivity index (χ2n) is 3.82. The molecule has 100 valence electrons. The van der Waals surface area contributed by atoms with Crippen molar-refractivity contribution >= 4 is 17.5 Å². The first-order valence-corrected chi connectivity index (χ1v) is 5.84. The SMILES string of the molecule is CCN(CC)C(=O)CNC(=O)c1c(N)cnn1C. The fourth-order valence-corrected chi connectivity index (χ4v) is 1.66. The Balaban J connectivity index is 2.59. The fourth-order valence-electron chi connectivity index (χ4n) is 1.66. The van der Waals surface area contributed by atoms with Gasteiger partial charge < -0.3 is 16.0 Å². The van der Waals surface area contributed by atoms with Gasteiger partial charge in [0.1, 0.15) is 5.69 Å². The zero-order valence-corrected chi connectivity index (χ0v) is 10.9. The number of likely N-dealkylation sites (N-methyl/N-ethyl adjacent to an activating group) is 1. The fraction of sp³-hybridized carbons (Fsp3) is 0.545. The van der Waals surface area contributed by atoms with Gasteiger partial charge in [-0.25, -0.2) is 0 Å². The minimum Gasteiger partial charge on any atom is -0.396 e. The molecule has 0 spiro atoms. The molecule has 2 amide bonds. The summed E-state index contributed by atoms with van der Waals surface area (Å²) in [4.78, 5) is 25.2. The third kappa shape index (κ3) is 2.99. The van der Waals surface area contributed by atoms with Gasteiger partial charge in [0.25, 0.3) is 5.91 Å². The Morgan fingerprint density at radius 1 is 1.44 bits per heavy atom. The van der Waals surface area contributed by atoms with Crippen molar-refractivity contribution in [2.45, 2.75) is 13.8 Å². The summed E-state index contributed by atoms with van der Waals surface area (Å²) in [6.45, 7) is 4.99. The van der Waals surface area contributed by atoms with Gasteiger partial charge in [-0.2, -0.15) is 5.10 Å². The Labute approximate surface area is 106 Å². The van der Waals surface area contributed by atoms with E-state index in [-0.39, 0.29) is 18.1 Å². The number of amides is 2. The van der Waals surface area contributed by atoms with E-state index in [9.17, 15) is 9.59 Å². The average molecular weight is 253 g/mol. The molecule has 0 aliphatic rings. The van der Waals surface area contributed by atoms with Crippen molar-refractivity contribution in [3.05, 3.63) is 11.9 Å². The molecule has 1 rings (SSSR count). The molecule has 0 aromatic carbocycles. The van der Waals surface area contributed by atoms with E-state index in [4.69, 9.17) is 5.73 Å². The highest BCUT2D eigenvalue weighted by molar-refractivity contribution is 5.99. The number of hydrogen-bond acceptors (Lipinski definition) is 4. The molecule has 3 N–H and O–H groups in total. The molecule has 0 radical (unpaired) electrons. The largest absolute Gasteiger partial charge is 0.396 e. The Bertz CT molecular complexity index is 417. The van der Waals surface area contributed by atoms with Gasteiger partial charge in [-0.05, 0) is 13.8 Å². The number of rotatable bonds is 5. The highest BCUT2D eigenvalue weighted by Crippen LogP contribution is 2.08. The number of anilines is 1. The van der Waals surface area contributed by atoms with Crippen molar-refractivity contribution in [3.8, 4) is 0 Å². The number of aryl methyl sites for hydroxylation is 1. The van der Waals surface area contributed by atoms with Crippen LogP contribution < -0.4 is 11.1 Å². The van der Waals surface area contributed by atoms with E-state index in [1.54, 1.807) is 11.9 Å². The maximum atomic E-state index is 11.8. The third-order valence-corrected chi connectivity index (χ3v) is 2.70. The van der Waals surface area contributed by atoms with E-state index in [1.165, 1.54) is 10.9 Å². The molecule has 0 saturated heterocycles. The molecule has 1 aromatic rings. The quantitative estimate of drug-likeness (QED) is 0.746. The van der Waals surface area contributed by atoms with Gasteiger partial charge in [0, 0.05) is 20.1 Å². The summed E-state index contributed by atoms with van der Waals surface area (Å²) in [5, 5.41) is 6.41. The summed E-state index contributed by atoms with van der Waals surface area (Å²) in [5.41, 5.74) is 6.18. The Kier molecular flexibility index (Phi) is 4.70. The van der Waals surface area contributed by atoms with E-state index in [1.807, 2.05) is 13.8 Å². The van der Waals surface area contributed by atoms with Crippen LogP contribution in [0.15, 0.2) is 6.20 Å². The lowest BCUT2D eigenvalue weighted by atomic mass is 10.3. The van der Waals surface area contributed by atoms with Gasteiger partial charge in [0.05, 0.1) is 18.4 Å². The Hall–Kier alpha value is -2.05. The predicted octanol–water partition coefficient (Wildman–Crippen LogP) is -0.399. The number of nitrogens with two attached hydrogens (primary N) is 1. The lowest BCUT2D eigenvalue weighted by Gasteiger charge is -2.18. The summed E-state index contributed by atoms with van der Waals surface area (Å²) < 4.78 is 1.38. The van der Waals surface area contributed by atoms with Crippen LogP contribution in [0, 0.1) is 0 Å². The van der Waals surface area contributed by atoms with Gasteiger partial charge in [0.15, 0.2) is 0 Å². The molecular formula is C11H19N5O2. The van der Waals surface area contributed by atoms with Crippen LogP contribution in [0.5, 0.6) is 0 Å². The molecule has 0 aliphatic heterocycles. The first-order valence-electron chi connectivity index (χ1n) is 5.84. The van der Waals surface area contributed by atoms with E-state index < -0.39 is 5.91 Å². The molecular weight excluding hydrogens is 234 g/mol. The molecule has 0 atom stereocenters. The van der Waals surface area contributed by atoms with Crippen molar-refractivity contribution in [1.29, 1.82) is 0 Å². The van der Waals surface area contributed by atoms with Crippen molar-refractivity contribution in [2.75, 3.05) is 25.4 Å². The highest BCUT2D eigenvalue weighted by atomic mass is 16.2. The smallest absolute Gasteiger partial charge is 0.272 e. The first-order chi connectivity index (χ1) is 8.51. The highest BCUT2D eigenvalue weighted by Gasteiger charge is 2.17. The normalized spacial score (nSPS) is 10.2. The minimum absolute atomic E-state index is 0.0366. The van der Waals surface area contributed by atoms with Crippen molar-refractivity contribution in [3.63, 3.8) is 0 Å². The topological polar surface area (TPSA) is 93.2 Å². The molecule has 0 aliphatic carbocycles. The summed E-state index contributed by atoms with van der Waals surface area (Å²) in [7, 11) is 1.62. The van der Waals surface area contributed by atoms with Crippen LogP contribution in [0.4, 0.5) is 5.69 Å². The second-order valence-corrected chi connectivity index (χ2v) is 3.82. The average Bonchev–Trinajstić information content (AvgIpc) is 2.67. The molecule has 7 heteroatoms. The Morgan fingerprint density at radius 3 is 2.50 bits per heavy atom. The second kappa shape index (κ2) is 6.04. The summed E-state index contributed by atoms with van der Waals surface area (Å²) in [6, 6.07) is 0. The van der Waals surface area contributed by atoms with Crippen LogP contribution >= 0.6 is 0 Å². The minimum atomic E-state index is -0.395. The molecule has 0 unspecified atom stereocenters. The Morgan fingerprint density at radius 2 is 2.06 bits per heavy atom. The number of nitrogens with one attached hydrogen (secondary N) is 1. The van der Waals surface area contributed by atoms with Gasteiger partial charge in [-0.1, -0.05) is 0 Å². The molecule has 1 heterocycles. The van der Waals surface area contributed by atoms with Crippen LogP contribution in [0.25, 0.3) is 0 Å². The van der Waals surface area contributed by atoms with Crippen LogP contribution in [0.2, 0.25) is 0 Å². The zero-order valence-electron chi connectivity index (χ0n) is 10.9. The van der Waals surface area contributed by atoms with Crippen LogP contribution in [0.1, 0.15) is 24.3 Å². The van der Waals surface area contributed by atoms with Gasteiger partial charge in [-0.3, -0.25) is 14.3 Å². The molecule has 0 saturated carbocycles. The van der Waals surface area contributed by atoms with E-state index >= 15 is 0 Å². The van der Waals surface area contributed by atoms with Crippen LogP contribution in [0.3, 0.4) is 0 Å². The molecule has 18 heavy (non-hydrogen) atoms. The first kappa shape index (κ1) is 14.0. The lowest BCUT2D eigenvalue weighted by molar-refractivity contribution is -0.129. The van der Waals surface area contributed by atoms with Gasteiger partial charge >= 0.3 is 0 Å². The molecule has 1 aromatic heterocycles.